The van der Waals surface area contributed by atoms with E-state index in [1.807, 2.05) is 31.9 Å². The summed E-state index contributed by atoms with van der Waals surface area (Å²) in [6, 6.07) is 18.4. The third kappa shape index (κ3) is 10.3. The molecule has 11 heteroatoms. The number of nitrogens with zero attached hydrogens (tertiary/aromatic N) is 2. The molecule has 3 aromatic rings. The van der Waals surface area contributed by atoms with Crippen molar-refractivity contribution in [2.24, 2.45) is 5.92 Å². The molecular weight excluding hydrogens is 623 g/mol. The molecule has 1 aliphatic rings. The van der Waals surface area contributed by atoms with E-state index in [0.717, 1.165) is 37.0 Å². The maximum absolute atomic E-state index is 14.3. The van der Waals surface area contributed by atoms with Crippen molar-refractivity contribution in [3.05, 3.63) is 95.1 Å². The van der Waals surface area contributed by atoms with Gasteiger partial charge in [0, 0.05) is 43.4 Å². The fourth-order valence-electron chi connectivity index (χ4n) is 5.74. The fourth-order valence-corrected chi connectivity index (χ4v) is 5.74. The third-order valence-corrected chi connectivity index (χ3v) is 8.57. The van der Waals surface area contributed by atoms with Gasteiger partial charge in [0.15, 0.2) is 0 Å². The van der Waals surface area contributed by atoms with Crippen LogP contribution in [0.15, 0.2) is 72.8 Å². The summed E-state index contributed by atoms with van der Waals surface area (Å²) in [6.07, 6.45) is -2.53. The number of ether oxygens (including phenoxy) is 2. The number of aliphatic hydroxyl groups is 1. The maximum atomic E-state index is 14.3. The van der Waals surface area contributed by atoms with Crippen LogP contribution >= 0.6 is 0 Å². The zero-order valence-corrected chi connectivity index (χ0v) is 28.0. The molecule has 48 heavy (non-hydrogen) atoms. The van der Waals surface area contributed by atoms with Crippen molar-refractivity contribution in [1.82, 2.24) is 9.80 Å². The molecule has 0 aromatic heterocycles. The average molecular weight is 670 g/mol. The molecule has 0 bridgehead atoms. The van der Waals surface area contributed by atoms with Crippen LogP contribution < -0.4 is 10.1 Å². The van der Waals surface area contributed by atoms with Gasteiger partial charge >= 0.3 is 6.18 Å². The lowest BCUT2D eigenvalue weighted by molar-refractivity contribution is -0.137. The van der Waals surface area contributed by atoms with Crippen molar-refractivity contribution >= 4 is 17.5 Å². The Morgan fingerprint density at radius 3 is 2.44 bits per heavy atom. The van der Waals surface area contributed by atoms with Gasteiger partial charge in [-0.25, -0.2) is 0 Å². The Bertz CT molecular complexity index is 1490. The van der Waals surface area contributed by atoms with Gasteiger partial charge in [0.25, 0.3) is 11.8 Å². The second-order valence-corrected chi connectivity index (χ2v) is 12.7. The lowest BCUT2D eigenvalue weighted by Gasteiger charge is -2.36. The van der Waals surface area contributed by atoms with Crippen molar-refractivity contribution in [3.63, 3.8) is 0 Å². The van der Waals surface area contributed by atoms with Crippen LogP contribution in [-0.4, -0.2) is 78.3 Å². The predicted octanol–water partition coefficient (Wildman–Crippen LogP) is 6.89. The van der Waals surface area contributed by atoms with Crippen LogP contribution in [-0.2, 0) is 17.5 Å². The molecule has 1 aliphatic heterocycles. The van der Waals surface area contributed by atoms with Crippen LogP contribution in [0.4, 0.5) is 18.9 Å². The molecule has 8 nitrogen and oxygen atoms in total. The summed E-state index contributed by atoms with van der Waals surface area (Å²) in [5.74, 6) is -0.442. The molecule has 0 radical (unpaired) electrons. The highest BCUT2D eigenvalue weighted by atomic mass is 19.4. The second kappa shape index (κ2) is 16.9. The van der Waals surface area contributed by atoms with Gasteiger partial charge in [-0.1, -0.05) is 37.3 Å². The highest BCUT2D eigenvalue weighted by Crippen LogP contribution is 2.30. The summed E-state index contributed by atoms with van der Waals surface area (Å²) in [7, 11) is 1.89. The van der Waals surface area contributed by atoms with Crippen LogP contribution in [0, 0.1) is 5.92 Å². The summed E-state index contributed by atoms with van der Waals surface area (Å²) < 4.78 is 51.8. The molecule has 4 rings (SSSR count). The first-order valence-corrected chi connectivity index (χ1v) is 16.4. The molecule has 0 aliphatic carbocycles. The number of hydrogen-bond acceptors (Lipinski definition) is 6. The Morgan fingerprint density at radius 2 is 1.77 bits per heavy atom. The Morgan fingerprint density at radius 1 is 1.06 bits per heavy atom. The number of alkyl halides is 3. The highest BCUT2D eigenvalue weighted by Gasteiger charge is 2.32. The number of likely N-dealkylation sites (N-methyl/N-ethyl adjacent to an activating group) is 1. The van der Waals surface area contributed by atoms with Crippen LogP contribution in [0.2, 0.25) is 0 Å². The van der Waals surface area contributed by atoms with Gasteiger partial charge in [-0.05, 0) is 88.2 Å². The molecule has 0 spiro atoms. The normalized spacial score (nSPS) is 20.4. The van der Waals surface area contributed by atoms with E-state index in [9.17, 15) is 27.9 Å². The molecule has 2 N–H and O–H groups in total. The SMILES string of the molecule is C[C@H]1CCCCO[C@@H](CN(C)Cc2ccc(C(F)(F)F)cc2)[C@@H](C)CN([C@@H](C)CO)C(=O)c2cc(NC(=O)c3ccccc3)ccc2O1. The van der Waals surface area contributed by atoms with E-state index in [2.05, 4.69) is 5.32 Å². The molecule has 2 amide bonds. The van der Waals surface area contributed by atoms with Crippen molar-refractivity contribution in [1.29, 1.82) is 0 Å². The molecule has 260 valence electrons. The first-order valence-electron chi connectivity index (χ1n) is 16.4. The maximum Gasteiger partial charge on any atom is 0.416 e. The van der Waals surface area contributed by atoms with E-state index in [0.29, 0.717) is 36.7 Å². The van der Waals surface area contributed by atoms with E-state index in [-0.39, 0.29) is 48.7 Å². The van der Waals surface area contributed by atoms with Crippen LogP contribution in [0.25, 0.3) is 0 Å². The Balaban J connectivity index is 1.58. The Kier molecular flexibility index (Phi) is 13.0. The fraction of sp³-hybridized carbons (Fsp3) is 0.459. The number of amides is 2. The summed E-state index contributed by atoms with van der Waals surface area (Å²) >= 11 is 0. The quantitative estimate of drug-likeness (QED) is 0.272. The summed E-state index contributed by atoms with van der Waals surface area (Å²) in [5.41, 5.74) is 1.24. The minimum Gasteiger partial charge on any atom is -0.490 e. The van der Waals surface area contributed by atoms with E-state index in [1.54, 1.807) is 54.3 Å². The first kappa shape index (κ1) is 36.9. The molecule has 0 fully saturated rings. The minimum absolute atomic E-state index is 0.176. The van der Waals surface area contributed by atoms with Crippen molar-refractivity contribution in [3.8, 4) is 5.75 Å². The Hall–Kier alpha value is -3.93. The van der Waals surface area contributed by atoms with Gasteiger partial charge in [-0.15, -0.1) is 0 Å². The number of benzene rings is 3. The number of hydrogen-bond donors (Lipinski definition) is 2. The molecular formula is C37H46F3N3O5. The average Bonchev–Trinajstić information content (AvgIpc) is 3.06. The third-order valence-electron chi connectivity index (χ3n) is 8.57. The van der Waals surface area contributed by atoms with Gasteiger partial charge in [0.1, 0.15) is 5.75 Å². The van der Waals surface area contributed by atoms with Gasteiger partial charge in [-0.3, -0.25) is 14.5 Å². The lowest BCUT2D eigenvalue weighted by atomic mass is 10.0. The number of halogens is 3. The molecule has 0 saturated heterocycles. The van der Waals surface area contributed by atoms with Crippen molar-refractivity contribution < 1.29 is 37.3 Å². The molecule has 3 aromatic carbocycles. The molecule has 1 heterocycles. The lowest BCUT2D eigenvalue weighted by Crippen LogP contribution is -2.47. The second-order valence-electron chi connectivity index (χ2n) is 12.7. The number of carbonyl (C=O) groups is 2. The van der Waals surface area contributed by atoms with E-state index < -0.39 is 17.8 Å². The van der Waals surface area contributed by atoms with E-state index in [4.69, 9.17) is 9.47 Å². The van der Waals surface area contributed by atoms with Crippen LogP contribution in [0.5, 0.6) is 5.75 Å². The number of anilines is 1. The molecule has 0 unspecified atom stereocenters. The smallest absolute Gasteiger partial charge is 0.416 e. The topological polar surface area (TPSA) is 91.3 Å². The van der Waals surface area contributed by atoms with Crippen LogP contribution in [0.1, 0.15) is 71.9 Å². The zero-order chi connectivity index (χ0) is 34.8. The number of fused-ring (bicyclic) bond motifs is 1. The Labute approximate surface area is 280 Å². The van der Waals surface area contributed by atoms with Gasteiger partial charge in [-0.2, -0.15) is 13.2 Å². The largest absolute Gasteiger partial charge is 0.490 e. The summed E-state index contributed by atoms with van der Waals surface area (Å²) in [4.78, 5) is 30.9. The first-order chi connectivity index (χ1) is 22.8. The standard InChI is InChI=1S/C37H46F3N3O5/c1-25-21-43(26(2)24-44)36(46)32-20-31(41-35(45)29-11-6-5-7-12-29)17-18-33(32)48-27(3)10-8-9-19-47-34(25)23-42(4)22-28-13-15-30(16-14-28)37(38,39)40/h5-7,11-18,20,25-27,34,44H,8-10,19,21-24H2,1-4H3,(H,41,45)/t25-,26-,27-,34-/m0/s1. The number of rotatable bonds is 8. The molecule has 0 saturated carbocycles. The zero-order valence-electron chi connectivity index (χ0n) is 28.0. The molecule has 4 atom stereocenters. The van der Waals surface area contributed by atoms with Crippen LogP contribution in [0.3, 0.4) is 0 Å². The van der Waals surface area contributed by atoms with Gasteiger partial charge in [0.05, 0.1) is 36.0 Å². The highest BCUT2D eigenvalue weighted by molar-refractivity contribution is 6.05. The van der Waals surface area contributed by atoms with E-state index >= 15 is 0 Å². The van der Waals surface area contributed by atoms with Crippen molar-refractivity contribution in [2.75, 3.05) is 38.7 Å². The van der Waals surface area contributed by atoms with Gasteiger partial charge in [0.2, 0.25) is 0 Å². The van der Waals surface area contributed by atoms with Crippen molar-refractivity contribution in [2.45, 2.75) is 71.0 Å². The predicted molar refractivity (Wildman–Crippen MR) is 179 cm³/mol. The number of carbonyl (C=O) groups excluding carboxylic acids is 2. The monoisotopic (exact) mass is 669 g/mol. The van der Waals surface area contributed by atoms with E-state index in [1.165, 1.54) is 12.1 Å². The number of aliphatic hydroxyl groups excluding tert-OH is 1. The summed E-state index contributed by atoms with van der Waals surface area (Å²) in [6.45, 7) is 7.09. The minimum atomic E-state index is -4.39. The number of nitrogens with one attached hydrogen (secondary N) is 1. The van der Waals surface area contributed by atoms with Gasteiger partial charge < -0.3 is 24.8 Å². The summed E-state index contributed by atoms with van der Waals surface area (Å²) in [5, 5.41) is 13.1.